The van der Waals surface area contributed by atoms with E-state index in [1.54, 1.807) is 19.1 Å². The smallest absolute Gasteiger partial charge is 0.276 e. The predicted octanol–water partition coefficient (Wildman–Crippen LogP) is 1.04. The molecule has 0 N–H and O–H groups in total. The van der Waals surface area contributed by atoms with Crippen LogP contribution in [-0.4, -0.2) is 34.3 Å². The third-order valence-corrected chi connectivity index (χ3v) is 3.55. The minimum absolute atomic E-state index is 0.0491. The highest BCUT2D eigenvalue weighted by atomic mass is 16.6. The summed E-state index contributed by atoms with van der Waals surface area (Å²) in [6, 6.07) is 7.59. The van der Waals surface area contributed by atoms with Gasteiger partial charge in [-0.15, -0.1) is 15.3 Å². The molecule has 0 aliphatic rings. The molecule has 4 rings (SSSR count). The van der Waals surface area contributed by atoms with Crippen LogP contribution in [0.2, 0.25) is 0 Å². The van der Waals surface area contributed by atoms with Crippen molar-refractivity contribution in [2.75, 3.05) is 0 Å². The topological polar surface area (TPSA) is 121 Å². The Hall–Kier alpha value is -3.69. The number of nitro groups is 1. The average Bonchev–Trinajstić information content (AvgIpc) is 2.96. The Balaban J connectivity index is 2.06. The van der Waals surface area contributed by atoms with Gasteiger partial charge in [-0.2, -0.15) is 9.50 Å². The summed E-state index contributed by atoms with van der Waals surface area (Å²) in [5.74, 6) is 0.780. The summed E-state index contributed by atoms with van der Waals surface area (Å²) in [4.78, 5) is 27.5. The van der Waals surface area contributed by atoms with Gasteiger partial charge in [-0.3, -0.25) is 19.5 Å². The van der Waals surface area contributed by atoms with Gasteiger partial charge in [-0.05, 0) is 19.1 Å². The molecule has 3 heterocycles. The van der Waals surface area contributed by atoms with Crippen molar-refractivity contribution in [3.8, 4) is 5.69 Å². The Morgan fingerprint density at radius 2 is 1.96 bits per heavy atom. The van der Waals surface area contributed by atoms with Gasteiger partial charge < -0.3 is 0 Å². The molecular weight excluding hydrogens is 314 g/mol. The number of nitro benzene ring substituents is 1. The molecule has 10 nitrogen and oxygen atoms in total. The third kappa shape index (κ3) is 1.93. The van der Waals surface area contributed by atoms with E-state index in [0.717, 1.165) is 0 Å². The maximum Gasteiger partial charge on any atom is 0.293 e. The van der Waals surface area contributed by atoms with Gasteiger partial charge in [0.1, 0.15) is 17.0 Å². The highest BCUT2D eigenvalue weighted by Gasteiger charge is 2.18. The van der Waals surface area contributed by atoms with Crippen LogP contribution in [0, 0.1) is 17.0 Å². The Labute approximate surface area is 133 Å². The SMILES string of the molecule is Cc1nc2nnc3c(=O)n(-c4ccccc4[N+](=O)[O-])ccc3n2n1. The first-order chi connectivity index (χ1) is 11.6. The van der Waals surface area contributed by atoms with E-state index in [1.807, 2.05) is 0 Å². The van der Waals surface area contributed by atoms with E-state index in [4.69, 9.17) is 0 Å². The maximum absolute atomic E-state index is 12.7. The lowest BCUT2D eigenvalue weighted by molar-refractivity contribution is -0.384. The van der Waals surface area contributed by atoms with E-state index < -0.39 is 10.5 Å². The van der Waals surface area contributed by atoms with Crippen molar-refractivity contribution in [1.29, 1.82) is 0 Å². The normalized spacial score (nSPS) is 11.2. The van der Waals surface area contributed by atoms with E-state index in [9.17, 15) is 14.9 Å². The van der Waals surface area contributed by atoms with Crippen LogP contribution in [0.25, 0.3) is 22.5 Å². The number of hydrogen-bond donors (Lipinski definition) is 0. The molecule has 24 heavy (non-hydrogen) atoms. The summed E-state index contributed by atoms with van der Waals surface area (Å²) < 4.78 is 2.59. The van der Waals surface area contributed by atoms with Crippen LogP contribution in [0.5, 0.6) is 0 Å². The molecule has 4 aromatic rings. The Kier molecular flexibility index (Phi) is 2.85. The van der Waals surface area contributed by atoms with E-state index in [2.05, 4.69) is 20.3 Å². The molecule has 0 spiro atoms. The van der Waals surface area contributed by atoms with Crippen LogP contribution in [0.15, 0.2) is 41.3 Å². The van der Waals surface area contributed by atoms with Crippen LogP contribution in [0.1, 0.15) is 5.82 Å². The van der Waals surface area contributed by atoms with Gasteiger partial charge in [-0.25, -0.2) is 0 Å². The van der Waals surface area contributed by atoms with Crippen molar-refractivity contribution in [2.45, 2.75) is 6.92 Å². The van der Waals surface area contributed by atoms with E-state index in [0.29, 0.717) is 11.3 Å². The Morgan fingerprint density at radius 3 is 2.75 bits per heavy atom. The fourth-order valence-corrected chi connectivity index (χ4v) is 2.52. The minimum Gasteiger partial charge on any atom is -0.276 e. The van der Waals surface area contributed by atoms with E-state index in [-0.39, 0.29) is 22.7 Å². The van der Waals surface area contributed by atoms with Gasteiger partial charge in [-0.1, -0.05) is 12.1 Å². The summed E-state index contributed by atoms with van der Waals surface area (Å²) in [5, 5.41) is 23.1. The molecule has 118 valence electrons. The Bertz CT molecular complexity index is 1180. The number of fused-ring (bicyclic) bond motifs is 3. The second-order valence-corrected chi connectivity index (χ2v) is 5.04. The number of aryl methyl sites for hydroxylation is 1. The van der Waals surface area contributed by atoms with Crippen LogP contribution in [0.3, 0.4) is 0 Å². The molecule has 0 amide bonds. The number of para-hydroxylation sites is 2. The molecule has 0 atom stereocenters. The maximum atomic E-state index is 12.7. The van der Waals surface area contributed by atoms with Crippen molar-refractivity contribution in [1.82, 2.24) is 29.4 Å². The van der Waals surface area contributed by atoms with Gasteiger partial charge in [0.2, 0.25) is 0 Å². The molecule has 1 aromatic carbocycles. The molecule has 0 saturated heterocycles. The number of aromatic nitrogens is 6. The van der Waals surface area contributed by atoms with Crippen molar-refractivity contribution < 1.29 is 4.92 Å². The molecule has 10 heteroatoms. The number of hydrogen-bond acceptors (Lipinski definition) is 7. The number of pyridine rings is 1. The fourth-order valence-electron chi connectivity index (χ4n) is 2.52. The third-order valence-electron chi connectivity index (χ3n) is 3.55. The van der Waals surface area contributed by atoms with Crippen LogP contribution < -0.4 is 5.56 Å². The zero-order valence-electron chi connectivity index (χ0n) is 12.3. The second kappa shape index (κ2) is 4.91. The summed E-state index contributed by atoms with van der Waals surface area (Å²) >= 11 is 0. The molecule has 0 aliphatic carbocycles. The number of rotatable bonds is 2. The van der Waals surface area contributed by atoms with Gasteiger partial charge in [0.25, 0.3) is 17.0 Å². The lowest BCUT2D eigenvalue weighted by Gasteiger charge is -2.07. The molecule has 3 aromatic heterocycles. The highest BCUT2D eigenvalue weighted by Crippen LogP contribution is 2.21. The van der Waals surface area contributed by atoms with Crippen LogP contribution in [0.4, 0.5) is 5.69 Å². The second-order valence-electron chi connectivity index (χ2n) is 5.04. The zero-order chi connectivity index (χ0) is 16.8. The largest absolute Gasteiger partial charge is 0.293 e. The van der Waals surface area contributed by atoms with Crippen molar-refractivity contribution in [2.24, 2.45) is 0 Å². The molecule has 0 aliphatic heterocycles. The first kappa shape index (κ1) is 13.9. The summed E-state index contributed by atoms with van der Waals surface area (Å²) in [7, 11) is 0. The van der Waals surface area contributed by atoms with E-state index in [1.165, 1.54) is 33.5 Å². The molecule has 0 saturated carbocycles. The highest BCUT2D eigenvalue weighted by molar-refractivity contribution is 5.75. The first-order valence-corrected chi connectivity index (χ1v) is 6.91. The van der Waals surface area contributed by atoms with Gasteiger partial charge in [0.15, 0.2) is 5.52 Å². The molecule has 0 radical (unpaired) electrons. The van der Waals surface area contributed by atoms with Crippen molar-refractivity contribution in [3.05, 3.63) is 62.8 Å². The average molecular weight is 323 g/mol. The zero-order valence-corrected chi connectivity index (χ0v) is 12.3. The van der Waals surface area contributed by atoms with Gasteiger partial charge in [0.05, 0.1) is 4.92 Å². The molecular formula is C14H9N7O3. The Morgan fingerprint density at radius 1 is 1.17 bits per heavy atom. The summed E-state index contributed by atoms with van der Waals surface area (Å²) in [6.07, 6.45) is 1.45. The summed E-state index contributed by atoms with van der Waals surface area (Å²) in [5.41, 5.74) is -0.0616. The van der Waals surface area contributed by atoms with Crippen molar-refractivity contribution >= 4 is 22.5 Å². The number of nitrogens with zero attached hydrogens (tertiary/aromatic N) is 7. The fraction of sp³-hybridized carbons (Fsp3) is 0.0714. The quantitative estimate of drug-likeness (QED) is 0.399. The molecule has 0 bridgehead atoms. The van der Waals surface area contributed by atoms with Crippen molar-refractivity contribution in [3.63, 3.8) is 0 Å². The minimum atomic E-state index is -0.540. The first-order valence-electron chi connectivity index (χ1n) is 6.91. The standard InChI is InChI=1S/C14H9N7O3/c1-8-15-14-17-16-12-11(20(14)18-8)6-7-19(13(12)22)9-4-2-3-5-10(9)21(23)24/h2-7H,1H3. The lowest BCUT2D eigenvalue weighted by atomic mass is 10.2. The predicted molar refractivity (Wildman–Crippen MR) is 83.1 cm³/mol. The molecule has 0 unspecified atom stereocenters. The lowest BCUT2D eigenvalue weighted by Crippen LogP contribution is -2.21. The number of benzene rings is 1. The van der Waals surface area contributed by atoms with Gasteiger partial charge >= 0.3 is 0 Å². The molecule has 0 fully saturated rings. The van der Waals surface area contributed by atoms with Crippen LogP contribution in [-0.2, 0) is 0 Å². The summed E-state index contributed by atoms with van der Waals surface area (Å²) in [6.45, 7) is 1.70. The van der Waals surface area contributed by atoms with E-state index >= 15 is 0 Å². The van der Waals surface area contributed by atoms with Crippen LogP contribution >= 0.6 is 0 Å². The van der Waals surface area contributed by atoms with Gasteiger partial charge in [0, 0.05) is 12.3 Å². The monoisotopic (exact) mass is 323 g/mol.